The summed E-state index contributed by atoms with van der Waals surface area (Å²) in [6.07, 6.45) is 2.60. The van der Waals surface area contributed by atoms with E-state index >= 15 is 0 Å². The van der Waals surface area contributed by atoms with Crippen molar-refractivity contribution in [3.63, 3.8) is 0 Å². The van der Waals surface area contributed by atoms with Gasteiger partial charge in [0.25, 0.3) is 0 Å². The van der Waals surface area contributed by atoms with E-state index in [4.69, 9.17) is 5.73 Å². The maximum Gasteiger partial charge on any atom is 0.166 e. The number of pyridine rings is 1. The van der Waals surface area contributed by atoms with Gasteiger partial charge in [0.15, 0.2) is 17.4 Å². The first-order valence-electron chi connectivity index (χ1n) is 8.93. The molecule has 138 valence electrons. The van der Waals surface area contributed by atoms with Crippen LogP contribution in [-0.2, 0) is 0 Å². The summed E-state index contributed by atoms with van der Waals surface area (Å²) < 4.78 is 14.5. The van der Waals surface area contributed by atoms with E-state index in [-0.39, 0.29) is 28.7 Å². The molecule has 4 N–H and O–H groups in total. The second-order valence-corrected chi connectivity index (χ2v) is 7.10. The van der Waals surface area contributed by atoms with Gasteiger partial charge < -0.3 is 16.4 Å². The molecule has 1 atom stereocenters. The molecule has 0 amide bonds. The van der Waals surface area contributed by atoms with Gasteiger partial charge in [-0.15, -0.1) is 0 Å². The lowest BCUT2D eigenvalue weighted by Crippen LogP contribution is -2.42. The number of halogens is 1. The average Bonchev–Trinajstić information content (AvgIpc) is 3.35. The van der Waals surface area contributed by atoms with Crippen molar-refractivity contribution in [2.45, 2.75) is 51.6 Å². The van der Waals surface area contributed by atoms with E-state index in [1.807, 2.05) is 38.1 Å². The third-order valence-electron chi connectivity index (χ3n) is 4.91. The number of nitrogens with one attached hydrogen (secondary N) is 2. The number of benzene rings is 1. The number of Topliss-reactive ketones (excluding diaryl/α,β-unsaturated/α-hetero) is 1. The van der Waals surface area contributed by atoms with Crippen molar-refractivity contribution >= 4 is 23.1 Å². The summed E-state index contributed by atoms with van der Waals surface area (Å²) in [5.41, 5.74) is 8.10. The lowest BCUT2D eigenvalue weighted by molar-refractivity contribution is 0.101. The quantitative estimate of drug-likeness (QED) is 0.649. The molecule has 2 aromatic rings. The summed E-state index contributed by atoms with van der Waals surface area (Å²) in [7, 11) is 0. The minimum absolute atomic E-state index is 0.0556. The third kappa shape index (κ3) is 3.85. The summed E-state index contributed by atoms with van der Waals surface area (Å²) in [6.45, 7) is 5.41. The molecule has 0 unspecified atom stereocenters. The van der Waals surface area contributed by atoms with Crippen LogP contribution in [0.1, 0.15) is 49.0 Å². The van der Waals surface area contributed by atoms with Crippen LogP contribution in [0.25, 0.3) is 0 Å². The van der Waals surface area contributed by atoms with Crippen LogP contribution in [0.2, 0.25) is 0 Å². The topological polar surface area (TPSA) is 80.0 Å². The van der Waals surface area contributed by atoms with Crippen molar-refractivity contribution in [3.05, 3.63) is 47.3 Å². The molecule has 1 fully saturated rings. The fourth-order valence-corrected chi connectivity index (χ4v) is 3.04. The lowest BCUT2D eigenvalue weighted by Gasteiger charge is -2.24. The highest BCUT2D eigenvalue weighted by Crippen LogP contribution is 2.38. The summed E-state index contributed by atoms with van der Waals surface area (Å²) in [4.78, 5) is 16.3. The predicted molar refractivity (Wildman–Crippen MR) is 103 cm³/mol. The maximum absolute atomic E-state index is 14.5. The molecule has 5 nitrogen and oxygen atoms in total. The Labute approximate surface area is 153 Å². The standard InChI is InChI=1S/C20H25FN4O/c1-4-17(20(22)9-10-20)24-19-16(21)11-15(13(3)26)18(25-19)23-14-7-5-12(2)6-8-14/h5-8,11,17H,4,9-10,22H2,1-3H3,(H2,23,24,25)/t17-/m1/s1. The molecule has 0 bridgehead atoms. The van der Waals surface area contributed by atoms with Crippen molar-refractivity contribution in [2.24, 2.45) is 5.73 Å². The molecular weight excluding hydrogens is 331 g/mol. The van der Waals surface area contributed by atoms with Crippen LogP contribution in [0.4, 0.5) is 21.7 Å². The van der Waals surface area contributed by atoms with Gasteiger partial charge in [-0.3, -0.25) is 4.79 Å². The Morgan fingerprint density at radius 1 is 1.31 bits per heavy atom. The molecule has 1 aromatic heterocycles. The summed E-state index contributed by atoms with van der Waals surface area (Å²) >= 11 is 0. The van der Waals surface area contributed by atoms with Crippen LogP contribution in [-0.4, -0.2) is 22.3 Å². The molecule has 26 heavy (non-hydrogen) atoms. The molecule has 0 aliphatic heterocycles. The molecule has 1 aromatic carbocycles. The van der Waals surface area contributed by atoms with E-state index in [0.717, 1.165) is 30.5 Å². The first kappa shape index (κ1) is 18.3. The number of nitrogens with zero attached hydrogens (tertiary/aromatic N) is 1. The zero-order chi connectivity index (χ0) is 18.9. The fraction of sp³-hybridized carbons (Fsp3) is 0.400. The molecule has 6 heteroatoms. The first-order valence-corrected chi connectivity index (χ1v) is 8.93. The Morgan fingerprint density at radius 3 is 2.50 bits per heavy atom. The molecule has 1 aliphatic carbocycles. The van der Waals surface area contributed by atoms with Crippen molar-refractivity contribution in [3.8, 4) is 0 Å². The van der Waals surface area contributed by atoms with Gasteiger partial charge >= 0.3 is 0 Å². The monoisotopic (exact) mass is 356 g/mol. The Morgan fingerprint density at radius 2 is 1.96 bits per heavy atom. The van der Waals surface area contributed by atoms with E-state index < -0.39 is 5.82 Å². The minimum Gasteiger partial charge on any atom is -0.363 e. The van der Waals surface area contributed by atoms with E-state index in [0.29, 0.717) is 5.82 Å². The van der Waals surface area contributed by atoms with E-state index in [1.54, 1.807) is 0 Å². The summed E-state index contributed by atoms with van der Waals surface area (Å²) in [5, 5.41) is 6.26. The summed E-state index contributed by atoms with van der Waals surface area (Å²) in [6, 6.07) is 8.88. The van der Waals surface area contributed by atoms with Crippen molar-refractivity contribution in [2.75, 3.05) is 10.6 Å². The smallest absolute Gasteiger partial charge is 0.166 e. The normalized spacial score (nSPS) is 16.0. The Kier molecular flexibility index (Phi) is 4.96. The summed E-state index contributed by atoms with van der Waals surface area (Å²) in [5.74, 6) is -0.343. The zero-order valence-electron chi connectivity index (χ0n) is 15.4. The van der Waals surface area contributed by atoms with Crippen LogP contribution in [0, 0.1) is 12.7 Å². The number of rotatable bonds is 7. The second kappa shape index (κ2) is 7.03. The lowest BCUT2D eigenvalue weighted by atomic mass is 10.0. The van der Waals surface area contributed by atoms with Crippen molar-refractivity contribution < 1.29 is 9.18 Å². The van der Waals surface area contributed by atoms with Crippen LogP contribution < -0.4 is 16.4 Å². The molecule has 0 spiro atoms. The average molecular weight is 356 g/mol. The highest BCUT2D eigenvalue weighted by Gasteiger charge is 2.45. The van der Waals surface area contributed by atoms with Crippen LogP contribution >= 0.6 is 0 Å². The highest BCUT2D eigenvalue weighted by molar-refractivity contribution is 5.99. The van der Waals surface area contributed by atoms with Crippen molar-refractivity contribution in [1.29, 1.82) is 0 Å². The van der Waals surface area contributed by atoms with Gasteiger partial charge in [-0.25, -0.2) is 9.37 Å². The van der Waals surface area contributed by atoms with Gasteiger partial charge in [-0.1, -0.05) is 24.6 Å². The van der Waals surface area contributed by atoms with Crippen LogP contribution in [0.15, 0.2) is 30.3 Å². The van der Waals surface area contributed by atoms with Gasteiger partial charge in [0.1, 0.15) is 5.82 Å². The van der Waals surface area contributed by atoms with Crippen LogP contribution in [0.3, 0.4) is 0 Å². The molecule has 0 radical (unpaired) electrons. The first-order chi connectivity index (χ1) is 12.3. The molecule has 1 aliphatic rings. The molecule has 1 saturated carbocycles. The Hall–Kier alpha value is -2.47. The van der Waals surface area contributed by atoms with Crippen LogP contribution in [0.5, 0.6) is 0 Å². The van der Waals surface area contributed by atoms with E-state index in [2.05, 4.69) is 15.6 Å². The number of ketones is 1. The number of hydrogen-bond acceptors (Lipinski definition) is 5. The fourth-order valence-electron chi connectivity index (χ4n) is 3.04. The largest absolute Gasteiger partial charge is 0.363 e. The number of anilines is 3. The molecule has 3 rings (SSSR count). The van der Waals surface area contributed by atoms with Gasteiger partial charge in [-0.2, -0.15) is 0 Å². The minimum atomic E-state index is -0.549. The number of hydrogen-bond donors (Lipinski definition) is 3. The van der Waals surface area contributed by atoms with Gasteiger partial charge in [-0.05, 0) is 51.3 Å². The Bertz CT molecular complexity index is 815. The third-order valence-corrected chi connectivity index (χ3v) is 4.91. The van der Waals surface area contributed by atoms with E-state index in [9.17, 15) is 9.18 Å². The molecule has 1 heterocycles. The van der Waals surface area contributed by atoms with E-state index in [1.165, 1.54) is 13.0 Å². The molecule has 0 saturated heterocycles. The van der Waals surface area contributed by atoms with Gasteiger partial charge in [0, 0.05) is 17.3 Å². The van der Waals surface area contributed by atoms with Gasteiger partial charge in [0.2, 0.25) is 0 Å². The highest BCUT2D eigenvalue weighted by atomic mass is 19.1. The maximum atomic E-state index is 14.5. The van der Waals surface area contributed by atoms with Gasteiger partial charge in [0.05, 0.1) is 5.56 Å². The number of nitrogens with two attached hydrogens (primary N) is 1. The predicted octanol–water partition coefficient (Wildman–Crippen LogP) is 4.16. The van der Waals surface area contributed by atoms with Crippen molar-refractivity contribution in [1.82, 2.24) is 4.98 Å². The zero-order valence-corrected chi connectivity index (χ0v) is 15.4. The SMILES string of the molecule is CC[C@@H](Nc1nc(Nc2ccc(C)cc2)c(C(C)=O)cc1F)C1(N)CC1. The second-order valence-electron chi connectivity index (χ2n) is 7.10. The number of carbonyl (C=O) groups excluding carboxylic acids is 1. The number of aromatic nitrogens is 1. The molecular formula is C20H25FN4O. The number of carbonyl (C=O) groups is 1. The number of aryl methyl sites for hydroxylation is 1. The Balaban J connectivity index is 1.93.